The number of hydrogen-bond acceptors (Lipinski definition) is 3. The highest BCUT2D eigenvalue weighted by atomic mass is 16.4. The van der Waals surface area contributed by atoms with Crippen molar-refractivity contribution in [3.63, 3.8) is 0 Å². The molecule has 1 amide bonds. The molecule has 0 atom stereocenters. The lowest BCUT2D eigenvalue weighted by Gasteiger charge is -2.24. The number of benzene rings is 2. The van der Waals surface area contributed by atoms with Crippen molar-refractivity contribution in [1.29, 1.82) is 0 Å². The Balaban J connectivity index is 1.43. The monoisotopic (exact) mass is 488 g/mol. The summed E-state index contributed by atoms with van der Waals surface area (Å²) in [6, 6.07) is 16.5. The molecule has 5 heteroatoms. The topological polar surface area (TPSA) is 70.0 Å². The van der Waals surface area contributed by atoms with Crippen LogP contribution in [0.2, 0.25) is 0 Å². The zero-order chi connectivity index (χ0) is 26.1. The average Bonchev–Trinajstić information content (AvgIpc) is 3.41. The minimum Gasteiger partial charge on any atom is -0.481 e. The van der Waals surface area contributed by atoms with Gasteiger partial charge in [0, 0.05) is 0 Å². The van der Waals surface area contributed by atoms with Gasteiger partial charge in [0.05, 0.1) is 23.1 Å². The van der Waals surface area contributed by atoms with E-state index in [4.69, 9.17) is 5.10 Å². The van der Waals surface area contributed by atoms with E-state index in [0.29, 0.717) is 6.54 Å². The maximum absolute atomic E-state index is 13.6. The summed E-state index contributed by atoms with van der Waals surface area (Å²) in [5, 5.41) is 16.1. The molecule has 4 rings (SSSR count). The minimum absolute atomic E-state index is 0.105. The Labute approximate surface area is 215 Å². The highest BCUT2D eigenvalue weighted by molar-refractivity contribution is 6.12. The van der Waals surface area contributed by atoms with Crippen molar-refractivity contribution in [2.24, 2.45) is 10.5 Å². The normalized spacial score (nSPS) is 17.6. The zero-order valence-corrected chi connectivity index (χ0v) is 22.4. The van der Waals surface area contributed by atoms with Gasteiger partial charge in [0.15, 0.2) is 0 Å². The fourth-order valence-electron chi connectivity index (χ4n) is 5.49. The van der Waals surface area contributed by atoms with E-state index in [0.717, 1.165) is 61.8 Å². The van der Waals surface area contributed by atoms with E-state index in [-0.39, 0.29) is 11.3 Å². The van der Waals surface area contributed by atoms with Gasteiger partial charge in [-0.05, 0) is 73.6 Å². The molecule has 2 aliphatic rings. The van der Waals surface area contributed by atoms with Crippen LogP contribution >= 0.6 is 0 Å². The zero-order valence-electron chi connectivity index (χ0n) is 22.4. The lowest BCUT2D eigenvalue weighted by molar-refractivity contribution is -0.142. The first-order valence-electron chi connectivity index (χ1n) is 13.3. The number of carboxylic acids is 1. The number of hydrogen-bond donors (Lipinski definition) is 1. The number of nitrogens with zero attached hydrogens (tertiary/aromatic N) is 2. The van der Waals surface area contributed by atoms with Crippen LogP contribution in [0.15, 0.2) is 53.6 Å². The van der Waals surface area contributed by atoms with Crippen LogP contribution in [0.5, 0.6) is 0 Å². The van der Waals surface area contributed by atoms with Crippen LogP contribution in [0, 0.1) is 5.41 Å². The van der Waals surface area contributed by atoms with Crippen LogP contribution in [0.3, 0.4) is 0 Å². The van der Waals surface area contributed by atoms with Crippen LogP contribution in [-0.4, -0.2) is 27.7 Å². The summed E-state index contributed by atoms with van der Waals surface area (Å²) in [6.07, 6.45) is 6.59. The molecular weight excluding hydrogens is 448 g/mol. The van der Waals surface area contributed by atoms with Gasteiger partial charge in [-0.1, -0.05) is 82.1 Å². The fourth-order valence-corrected chi connectivity index (χ4v) is 5.49. The van der Waals surface area contributed by atoms with E-state index in [1.54, 1.807) is 18.9 Å². The summed E-state index contributed by atoms with van der Waals surface area (Å²) in [6.45, 7) is 10.6. The van der Waals surface area contributed by atoms with Crippen LogP contribution in [0.25, 0.3) is 0 Å². The summed E-state index contributed by atoms with van der Waals surface area (Å²) in [7, 11) is 0. The molecule has 5 nitrogen and oxygen atoms in total. The van der Waals surface area contributed by atoms with Crippen molar-refractivity contribution >= 4 is 17.6 Å². The van der Waals surface area contributed by atoms with Crippen molar-refractivity contribution in [2.45, 2.75) is 96.9 Å². The van der Waals surface area contributed by atoms with Gasteiger partial charge in [-0.3, -0.25) is 9.59 Å². The van der Waals surface area contributed by atoms with E-state index in [2.05, 4.69) is 45.0 Å². The van der Waals surface area contributed by atoms with Crippen LogP contribution in [0.1, 0.15) is 95.4 Å². The Morgan fingerprint density at radius 2 is 1.44 bits per heavy atom. The number of hydrazone groups is 1. The standard InChI is InChI=1S/C31H40N2O3/c1-29(2,3)24-15-13-23(14-16-24)21-33-27(34)31(19-6-7-20-31)26(32-33)10-8-9-22-11-17-25(18-12-22)30(4,5)28(35)36/h11-18H,6-10,19-21H2,1-5H3,(H,35,36). The summed E-state index contributed by atoms with van der Waals surface area (Å²) < 4.78 is 0. The second-order valence-electron chi connectivity index (χ2n) is 12.1. The Kier molecular flexibility index (Phi) is 7.14. The Bertz CT molecular complexity index is 1130. The van der Waals surface area contributed by atoms with Crippen LogP contribution in [0.4, 0.5) is 0 Å². The van der Waals surface area contributed by atoms with Crippen molar-refractivity contribution < 1.29 is 14.7 Å². The third-order valence-corrected chi connectivity index (χ3v) is 8.14. The highest BCUT2D eigenvalue weighted by Crippen LogP contribution is 2.46. The number of carboxylic acid groups (broad SMARTS) is 1. The van der Waals surface area contributed by atoms with Gasteiger partial charge in [-0.15, -0.1) is 0 Å². The lowest BCUT2D eigenvalue weighted by Crippen LogP contribution is -2.37. The summed E-state index contributed by atoms with van der Waals surface area (Å²) >= 11 is 0. The van der Waals surface area contributed by atoms with Crippen molar-refractivity contribution in [3.05, 3.63) is 70.8 Å². The molecule has 1 N–H and O–H groups in total. The molecule has 1 fully saturated rings. The number of aryl methyl sites for hydroxylation is 1. The van der Waals surface area contributed by atoms with Crippen molar-refractivity contribution in [1.82, 2.24) is 5.01 Å². The molecule has 2 aromatic carbocycles. The number of carbonyl (C=O) groups excluding carboxylic acids is 1. The molecule has 1 aliphatic heterocycles. The molecule has 2 aromatic rings. The Morgan fingerprint density at radius 1 is 0.889 bits per heavy atom. The van der Waals surface area contributed by atoms with Gasteiger partial charge in [-0.2, -0.15) is 5.10 Å². The summed E-state index contributed by atoms with van der Waals surface area (Å²) in [5.74, 6) is -0.647. The molecule has 0 saturated heterocycles. The first kappa shape index (κ1) is 26.1. The van der Waals surface area contributed by atoms with E-state index in [1.165, 1.54) is 11.1 Å². The maximum atomic E-state index is 13.6. The lowest BCUT2D eigenvalue weighted by atomic mass is 9.78. The molecule has 1 aliphatic carbocycles. The smallest absolute Gasteiger partial charge is 0.313 e. The molecule has 192 valence electrons. The second-order valence-corrected chi connectivity index (χ2v) is 12.1. The predicted molar refractivity (Wildman–Crippen MR) is 144 cm³/mol. The number of aliphatic carboxylic acids is 1. The molecule has 1 saturated carbocycles. The number of rotatable bonds is 8. The van der Waals surface area contributed by atoms with E-state index >= 15 is 0 Å². The largest absolute Gasteiger partial charge is 0.481 e. The minimum atomic E-state index is -0.900. The van der Waals surface area contributed by atoms with Gasteiger partial charge in [0.2, 0.25) is 0 Å². The van der Waals surface area contributed by atoms with Gasteiger partial charge in [0.1, 0.15) is 0 Å². The molecule has 1 heterocycles. The Hall–Kier alpha value is -2.95. The van der Waals surface area contributed by atoms with Crippen molar-refractivity contribution in [2.75, 3.05) is 0 Å². The first-order valence-corrected chi connectivity index (χ1v) is 13.3. The van der Waals surface area contributed by atoms with Gasteiger partial charge < -0.3 is 5.11 Å². The Morgan fingerprint density at radius 3 is 2.00 bits per heavy atom. The third-order valence-electron chi connectivity index (χ3n) is 8.14. The molecule has 0 unspecified atom stereocenters. The predicted octanol–water partition coefficient (Wildman–Crippen LogP) is 6.63. The van der Waals surface area contributed by atoms with E-state index < -0.39 is 16.8 Å². The van der Waals surface area contributed by atoms with Gasteiger partial charge in [0.25, 0.3) is 5.91 Å². The maximum Gasteiger partial charge on any atom is 0.313 e. The highest BCUT2D eigenvalue weighted by Gasteiger charge is 2.51. The SMILES string of the molecule is CC(C)(C)c1ccc(CN2N=C(CCCc3ccc(C(C)(C)C(=O)O)cc3)C3(CCCC3)C2=O)cc1. The molecule has 0 bridgehead atoms. The van der Waals surface area contributed by atoms with E-state index in [9.17, 15) is 14.7 Å². The molecular formula is C31H40N2O3. The van der Waals surface area contributed by atoms with Gasteiger partial charge >= 0.3 is 5.97 Å². The quantitative estimate of drug-likeness (QED) is 0.453. The third kappa shape index (κ3) is 5.11. The second kappa shape index (κ2) is 9.84. The number of carbonyl (C=O) groups is 2. The van der Waals surface area contributed by atoms with Crippen molar-refractivity contribution in [3.8, 4) is 0 Å². The molecule has 0 aromatic heterocycles. The van der Waals surface area contributed by atoms with E-state index in [1.807, 2.05) is 24.3 Å². The summed E-state index contributed by atoms with van der Waals surface area (Å²) in [5.41, 5.74) is 4.24. The molecule has 36 heavy (non-hydrogen) atoms. The van der Waals surface area contributed by atoms with Crippen LogP contribution < -0.4 is 0 Å². The van der Waals surface area contributed by atoms with Gasteiger partial charge in [-0.25, -0.2) is 5.01 Å². The fraction of sp³-hybridized carbons (Fsp3) is 0.516. The van der Waals surface area contributed by atoms with Crippen LogP contribution in [-0.2, 0) is 33.4 Å². The number of amides is 1. The average molecular weight is 489 g/mol. The molecule has 1 spiro atoms. The first-order chi connectivity index (χ1) is 16.9. The molecule has 0 radical (unpaired) electrons. The summed E-state index contributed by atoms with van der Waals surface area (Å²) in [4.78, 5) is 25.1.